The molecule has 1 atom stereocenters. The Labute approximate surface area is 188 Å². The zero-order chi connectivity index (χ0) is 22.3. The predicted octanol–water partition coefficient (Wildman–Crippen LogP) is 4.83. The van der Waals surface area contributed by atoms with Gasteiger partial charge in [-0.2, -0.15) is 4.98 Å². The van der Waals surface area contributed by atoms with E-state index in [2.05, 4.69) is 17.1 Å². The molecule has 1 unspecified atom stereocenters. The molecule has 1 saturated heterocycles. The van der Waals surface area contributed by atoms with Gasteiger partial charge in [0.1, 0.15) is 11.5 Å². The summed E-state index contributed by atoms with van der Waals surface area (Å²) in [5.41, 5.74) is 1.90. The SMILES string of the molecule is CCCCOc1ccc(-c2noc(C3CC(=O)N(Cc4cccc(OCC)c4)C3)n2)cc1. The van der Waals surface area contributed by atoms with E-state index < -0.39 is 0 Å². The molecular formula is C25H29N3O4. The lowest BCUT2D eigenvalue weighted by molar-refractivity contribution is -0.128. The standard InChI is InChI=1S/C25H29N3O4/c1-3-5-13-31-21-11-9-19(10-12-21)24-26-25(32-27-24)20-15-23(29)28(17-20)16-18-7-6-8-22(14-18)30-4-2/h6-12,14,20H,3-5,13,15-17H2,1-2H3. The van der Waals surface area contributed by atoms with Crippen molar-refractivity contribution in [3.05, 3.63) is 60.0 Å². The van der Waals surface area contributed by atoms with E-state index in [1.165, 1.54) is 0 Å². The minimum Gasteiger partial charge on any atom is -0.494 e. The van der Waals surface area contributed by atoms with Gasteiger partial charge in [0.05, 0.1) is 19.1 Å². The third-order valence-corrected chi connectivity index (χ3v) is 5.47. The molecule has 0 bridgehead atoms. The van der Waals surface area contributed by atoms with Gasteiger partial charge in [-0.1, -0.05) is 30.6 Å². The van der Waals surface area contributed by atoms with Crippen LogP contribution in [0.25, 0.3) is 11.4 Å². The molecule has 1 fully saturated rings. The summed E-state index contributed by atoms with van der Waals surface area (Å²) in [6, 6.07) is 15.5. The highest BCUT2D eigenvalue weighted by molar-refractivity contribution is 5.79. The maximum Gasteiger partial charge on any atom is 0.232 e. The van der Waals surface area contributed by atoms with Crippen LogP contribution in [0.5, 0.6) is 11.5 Å². The summed E-state index contributed by atoms with van der Waals surface area (Å²) in [6.45, 7) is 6.51. The van der Waals surface area contributed by atoms with Gasteiger partial charge in [0.2, 0.25) is 17.6 Å². The first-order valence-corrected chi connectivity index (χ1v) is 11.2. The molecule has 3 aromatic rings. The number of carbonyl (C=O) groups is 1. The van der Waals surface area contributed by atoms with Gasteiger partial charge in [0, 0.05) is 25.1 Å². The Morgan fingerprint density at radius 3 is 2.72 bits per heavy atom. The van der Waals surface area contributed by atoms with Crippen LogP contribution in [-0.2, 0) is 11.3 Å². The van der Waals surface area contributed by atoms with E-state index in [9.17, 15) is 4.79 Å². The summed E-state index contributed by atoms with van der Waals surface area (Å²) in [5, 5.41) is 4.13. The van der Waals surface area contributed by atoms with Gasteiger partial charge >= 0.3 is 0 Å². The molecule has 2 aromatic carbocycles. The lowest BCUT2D eigenvalue weighted by atomic mass is 10.1. The predicted molar refractivity (Wildman–Crippen MR) is 121 cm³/mol. The number of nitrogens with zero attached hydrogens (tertiary/aromatic N) is 3. The fourth-order valence-corrected chi connectivity index (χ4v) is 3.76. The molecule has 168 valence electrons. The number of unbranched alkanes of at least 4 members (excludes halogenated alkanes) is 1. The maximum atomic E-state index is 12.6. The van der Waals surface area contributed by atoms with Gasteiger partial charge < -0.3 is 18.9 Å². The Bertz CT molecular complexity index is 1030. The van der Waals surface area contributed by atoms with Crippen molar-refractivity contribution in [1.29, 1.82) is 0 Å². The second-order valence-electron chi connectivity index (χ2n) is 7.94. The normalized spacial score (nSPS) is 15.9. The zero-order valence-corrected chi connectivity index (χ0v) is 18.6. The molecule has 0 saturated carbocycles. The number of likely N-dealkylation sites (tertiary alicyclic amines) is 1. The molecule has 7 heteroatoms. The Hall–Kier alpha value is -3.35. The minimum absolute atomic E-state index is 0.0881. The van der Waals surface area contributed by atoms with Crippen LogP contribution in [0, 0.1) is 0 Å². The average molecular weight is 436 g/mol. The van der Waals surface area contributed by atoms with Gasteiger partial charge in [0.15, 0.2) is 0 Å². The number of ether oxygens (including phenoxy) is 2. The number of hydrogen-bond donors (Lipinski definition) is 0. The van der Waals surface area contributed by atoms with Crippen molar-refractivity contribution < 1.29 is 18.8 Å². The molecule has 0 N–H and O–H groups in total. The summed E-state index contributed by atoms with van der Waals surface area (Å²) in [7, 11) is 0. The summed E-state index contributed by atoms with van der Waals surface area (Å²) in [5.74, 6) is 2.66. The Morgan fingerprint density at radius 1 is 1.09 bits per heavy atom. The van der Waals surface area contributed by atoms with Crippen molar-refractivity contribution in [1.82, 2.24) is 15.0 Å². The number of aromatic nitrogens is 2. The van der Waals surface area contributed by atoms with Crippen LogP contribution in [0.4, 0.5) is 0 Å². The van der Waals surface area contributed by atoms with E-state index in [0.717, 1.165) is 35.5 Å². The van der Waals surface area contributed by atoms with E-state index in [4.69, 9.17) is 14.0 Å². The number of benzene rings is 2. The first-order chi connectivity index (χ1) is 15.7. The molecule has 32 heavy (non-hydrogen) atoms. The number of carbonyl (C=O) groups excluding carboxylic acids is 1. The first kappa shape index (κ1) is 21.9. The van der Waals surface area contributed by atoms with Gasteiger partial charge in [-0.25, -0.2) is 0 Å². The number of amides is 1. The highest BCUT2D eigenvalue weighted by Gasteiger charge is 2.34. The molecule has 1 amide bonds. The third-order valence-electron chi connectivity index (χ3n) is 5.47. The van der Waals surface area contributed by atoms with Crippen molar-refractivity contribution in [2.45, 2.75) is 45.6 Å². The van der Waals surface area contributed by atoms with Crippen molar-refractivity contribution in [3.63, 3.8) is 0 Å². The Balaban J connectivity index is 1.38. The average Bonchev–Trinajstić information content (AvgIpc) is 3.42. The molecule has 0 radical (unpaired) electrons. The number of rotatable bonds is 10. The largest absolute Gasteiger partial charge is 0.494 e. The van der Waals surface area contributed by atoms with E-state index in [-0.39, 0.29) is 11.8 Å². The topological polar surface area (TPSA) is 77.7 Å². The maximum absolute atomic E-state index is 12.6. The summed E-state index contributed by atoms with van der Waals surface area (Å²) >= 11 is 0. The van der Waals surface area contributed by atoms with Gasteiger partial charge in [-0.3, -0.25) is 4.79 Å². The first-order valence-electron chi connectivity index (χ1n) is 11.2. The fourth-order valence-electron chi connectivity index (χ4n) is 3.76. The second kappa shape index (κ2) is 10.3. The van der Waals surface area contributed by atoms with Crippen LogP contribution >= 0.6 is 0 Å². The van der Waals surface area contributed by atoms with Crippen molar-refractivity contribution in [2.75, 3.05) is 19.8 Å². The molecule has 1 aliphatic heterocycles. The van der Waals surface area contributed by atoms with E-state index in [1.807, 2.05) is 60.4 Å². The van der Waals surface area contributed by atoms with Crippen LogP contribution in [0.1, 0.15) is 50.5 Å². The Kier molecular flexibility index (Phi) is 7.04. The summed E-state index contributed by atoms with van der Waals surface area (Å²) in [6.07, 6.45) is 2.51. The lowest BCUT2D eigenvalue weighted by Gasteiger charge is -2.16. The minimum atomic E-state index is -0.101. The quantitative estimate of drug-likeness (QED) is 0.425. The van der Waals surface area contributed by atoms with Gasteiger partial charge in [-0.05, 0) is 55.3 Å². The molecular weight excluding hydrogens is 406 g/mol. The van der Waals surface area contributed by atoms with Crippen LogP contribution < -0.4 is 9.47 Å². The molecule has 0 spiro atoms. The van der Waals surface area contributed by atoms with Crippen LogP contribution in [-0.4, -0.2) is 40.7 Å². The molecule has 2 heterocycles. The monoisotopic (exact) mass is 435 g/mol. The van der Waals surface area contributed by atoms with Crippen LogP contribution in [0.15, 0.2) is 53.1 Å². The molecule has 0 aliphatic carbocycles. The molecule has 7 nitrogen and oxygen atoms in total. The third kappa shape index (κ3) is 5.28. The molecule has 1 aromatic heterocycles. The zero-order valence-electron chi connectivity index (χ0n) is 18.6. The number of hydrogen-bond acceptors (Lipinski definition) is 6. The summed E-state index contributed by atoms with van der Waals surface area (Å²) < 4.78 is 16.8. The van der Waals surface area contributed by atoms with E-state index in [0.29, 0.717) is 44.4 Å². The van der Waals surface area contributed by atoms with Crippen molar-refractivity contribution in [2.24, 2.45) is 0 Å². The van der Waals surface area contributed by atoms with Crippen LogP contribution in [0.3, 0.4) is 0 Å². The smallest absolute Gasteiger partial charge is 0.232 e. The van der Waals surface area contributed by atoms with E-state index in [1.54, 1.807) is 0 Å². The summed E-state index contributed by atoms with van der Waals surface area (Å²) in [4.78, 5) is 19.0. The highest BCUT2D eigenvalue weighted by Crippen LogP contribution is 2.30. The second-order valence-corrected chi connectivity index (χ2v) is 7.94. The molecule has 4 rings (SSSR count). The van der Waals surface area contributed by atoms with Crippen molar-refractivity contribution in [3.8, 4) is 22.9 Å². The van der Waals surface area contributed by atoms with Crippen LogP contribution in [0.2, 0.25) is 0 Å². The van der Waals surface area contributed by atoms with Gasteiger partial charge in [0.25, 0.3) is 0 Å². The van der Waals surface area contributed by atoms with E-state index >= 15 is 0 Å². The van der Waals surface area contributed by atoms with Gasteiger partial charge in [-0.15, -0.1) is 0 Å². The fraction of sp³-hybridized carbons (Fsp3) is 0.400. The lowest BCUT2D eigenvalue weighted by Crippen LogP contribution is -2.24. The highest BCUT2D eigenvalue weighted by atomic mass is 16.5. The molecule has 1 aliphatic rings. The van der Waals surface area contributed by atoms with Crippen molar-refractivity contribution >= 4 is 5.91 Å². The Morgan fingerprint density at radius 2 is 1.94 bits per heavy atom.